The number of carboxylic acid groups (broad SMARTS) is 1. The van der Waals surface area contributed by atoms with E-state index in [1.165, 1.54) is 12.1 Å². The van der Waals surface area contributed by atoms with Crippen LogP contribution in [-0.4, -0.2) is 38.3 Å². The molecule has 0 bridgehead atoms. The molecule has 6 nitrogen and oxygen atoms in total. The topological polar surface area (TPSA) is 108 Å². The number of hydrogen-bond donors (Lipinski definition) is 3. The third kappa shape index (κ3) is 5.83. The van der Waals surface area contributed by atoms with Crippen LogP contribution in [0.3, 0.4) is 0 Å². The molecule has 0 aliphatic heterocycles. The maximum absolute atomic E-state index is 13.6. The predicted octanol–water partition coefficient (Wildman–Crippen LogP) is 4.30. The zero-order valence-corrected chi connectivity index (χ0v) is 19.0. The Morgan fingerprint density at radius 1 is 1.22 bits per heavy atom. The summed E-state index contributed by atoms with van der Waals surface area (Å²) in [6, 6.07) is 6.08. The van der Waals surface area contributed by atoms with Crippen molar-refractivity contribution in [1.82, 2.24) is 4.98 Å². The lowest BCUT2D eigenvalue weighted by atomic mass is 9.84. The standard InChI is InChI=1S/C24H27FNO5P/c1-15(2)24-20(11-12-32(30,31)14-18(27)13-22(28)29)23(16-7-9-17(25)10-8-16)19-5-3-4-6-21(19)26-24/h7-10,15,18,27H,3-6,13-14H2,1-2H3,(H,28,29)(H,30,31). The van der Waals surface area contributed by atoms with Crippen molar-refractivity contribution in [3.63, 3.8) is 0 Å². The fraction of sp³-hybridized carbons (Fsp3) is 0.417. The molecule has 3 rings (SSSR count). The number of aliphatic carboxylic acids is 1. The second-order valence-electron chi connectivity index (χ2n) is 8.41. The second-order valence-corrected chi connectivity index (χ2v) is 10.4. The molecule has 1 aliphatic rings. The molecule has 0 saturated carbocycles. The van der Waals surface area contributed by atoms with Crippen molar-refractivity contribution in [2.45, 2.75) is 58.0 Å². The van der Waals surface area contributed by atoms with Gasteiger partial charge in [-0.1, -0.05) is 31.9 Å². The van der Waals surface area contributed by atoms with Crippen LogP contribution in [0.1, 0.15) is 61.5 Å². The summed E-state index contributed by atoms with van der Waals surface area (Å²) in [6.45, 7) is 3.93. The highest BCUT2D eigenvalue weighted by molar-refractivity contribution is 7.63. The first kappa shape index (κ1) is 24.1. The lowest BCUT2D eigenvalue weighted by molar-refractivity contribution is -0.138. The van der Waals surface area contributed by atoms with Crippen molar-refractivity contribution in [2.75, 3.05) is 6.16 Å². The van der Waals surface area contributed by atoms with E-state index in [0.717, 1.165) is 48.1 Å². The summed E-state index contributed by atoms with van der Waals surface area (Å²) in [6.07, 6.45) is 0.890. The van der Waals surface area contributed by atoms with Crippen LogP contribution >= 0.6 is 7.37 Å². The van der Waals surface area contributed by atoms with Crippen molar-refractivity contribution in [3.05, 3.63) is 52.6 Å². The Labute approximate surface area is 187 Å². The van der Waals surface area contributed by atoms with Crippen LogP contribution in [0.25, 0.3) is 11.1 Å². The molecule has 2 unspecified atom stereocenters. The number of aliphatic hydroxyl groups is 1. The van der Waals surface area contributed by atoms with Crippen molar-refractivity contribution >= 4 is 13.3 Å². The van der Waals surface area contributed by atoms with Crippen molar-refractivity contribution in [3.8, 4) is 22.7 Å². The molecule has 1 aromatic carbocycles. The molecular formula is C24H27FNO5P. The van der Waals surface area contributed by atoms with E-state index >= 15 is 0 Å². The molecule has 8 heteroatoms. The average molecular weight is 459 g/mol. The van der Waals surface area contributed by atoms with Gasteiger partial charge >= 0.3 is 5.97 Å². The summed E-state index contributed by atoms with van der Waals surface area (Å²) in [7, 11) is -4.13. The monoisotopic (exact) mass is 459 g/mol. The summed E-state index contributed by atoms with van der Waals surface area (Å²) in [4.78, 5) is 25.9. The van der Waals surface area contributed by atoms with Gasteiger partial charge in [0.2, 0.25) is 0 Å². The molecule has 0 amide bonds. The molecular weight excluding hydrogens is 432 g/mol. The molecule has 1 heterocycles. The minimum Gasteiger partial charge on any atom is -0.481 e. The van der Waals surface area contributed by atoms with Crippen LogP contribution in [0.15, 0.2) is 24.3 Å². The molecule has 1 aromatic heterocycles. The van der Waals surface area contributed by atoms with Gasteiger partial charge in [-0.3, -0.25) is 14.3 Å². The largest absolute Gasteiger partial charge is 0.481 e. The van der Waals surface area contributed by atoms with Crippen LogP contribution in [0, 0.1) is 17.4 Å². The van der Waals surface area contributed by atoms with E-state index in [9.17, 15) is 23.7 Å². The number of aromatic nitrogens is 1. The SMILES string of the molecule is CC(C)c1nc2c(c(-c3ccc(F)cc3)c1C#CP(=O)(O)CC(O)CC(=O)O)CCCC2. The van der Waals surface area contributed by atoms with Crippen LogP contribution < -0.4 is 0 Å². The Hall–Kier alpha value is -2.52. The normalized spacial score (nSPS) is 15.9. The maximum atomic E-state index is 13.6. The number of pyridine rings is 1. The lowest BCUT2D eigenvalue weighted by Crippen LogP contribution is -2.17. The van der Waals surface area contributed by atoms with E-state index in [4.69, 9.17) is 10.1 Å². The number of rotatable bonds is 6. The van der Waals surface area contributed by atoms with E-state index in [-0.39, 0.29) is 11.7 Å². The van der Waals surface area contributed by atoms with Crippen LogP contribution in [0.2, 0.25) is 0 Å². The van der Waals surface area contributed by atoms with Gasteiger partial charge in [-0.05, 0) is 60.5 Å². The Balaban J connectivity index is 2.16. The Morgan fingerprint density at radius 2 is 1.88 bits per heavy atom. The van der Waals surface area contributed by atoms with E-state index in [2.05, 4.69) is 11.6 Å². The predicted molar refractivity (Wildman–Crippen MR) is 120 cm³/mol. The van der Waals surface area contributed by atoms with Gasteiger partial charge in [-0.25, -0.2) is 4.39 Å². The first-order chi connectivity index (χ1) is 15.1. The van der Waals surface area contributed by atoms with Gasteiger partial charge < -0.3 is 15.1 Å². The highest BCUT2D eigenvalue weighted by Crippen LogP contribution is 2.42. The maximum Gasteiger partial charge on any atom is 0.305 e. The summed E-state index contributed by atoms with van der Waals surface area (Å²) < 4.78 is 26.2. The molecule has 0 spiro atoms. The first-order valence-electron chi connectivity index (χ1n) is 10.6. The summed E-state index contributed by atoms with van der Waals surface area (Å²) in [5.74, 6) is 1.22. The number of benzene rings is 1. The van der Waals surface area contributed by atoms with E-state index in [1.54, 1.807) is 12.1 Å². The van der Waals surface area contributed by atoms with Gasteiger partial charge in [0.15, 0.2) is 0 Å². The molecule has 2 atom stereocenters. The van der Waals surface area contributed by atoms with Crippen molar-refractivity contribution in [2.24, 2.45) is 0 Å². The second kappa shape index (κ2) is 9.95. The quantitative estimate of drug-likeness (QED) is 0.439. The third-order valence-corrected chi connectivity index (χ3v) is 6.78. The summed E-state index contributed by atoms with van der Waals surface area (Å²) in [5.41, 5.74) is 7.18. The van der Waals surface area contributed by atoms with Crippen LogP contribution in [-0.2, 0) is 22.2 Å². The summed E-state index contributed by atoms with van der Waals surface area (Å²) >= 11 is 0. The van der Waals surface area contributed by atoms with Crippen LogP contribution in [0.4, 0.5) is 4.39 Å². The fourth-order valence-electron chi connectivity index (χ4n) is 3.98. The van der Waals surface area contributed by atoms with Crippen molar-refractivity contribution < 1.29 is 28.9 Å². The first-order valence-corrected chi connectivity index (χ1v) is 12.5. The van der Waals surface area contributed by atoms with Gasteiger partial charge in [0.25, 0.3) is 7.37 Å². The van der Waals surface area contributed by atoms with Gasteiger partial charge in [0, 0.05) is 11.3 Å². The Kier molecular flexibility index (Phi) is 7.51. The molecule has 0 saturated heterocycles. The minimum atomic E-state index is -4.13. The third-order valence-electron chi connectivity index (χ3n) is 5.41. The Morgan fingerprint density at radius 3 is 2.50 bits per heavy atom. The average Bonchev–Trinajstić information content (AvgIpc) is 2.71. The highest BCUT2D eigenvalue weighted by Gasteiger charge is 2.25. The zero-order valence-electron chi connectivity index (χ0n) is 18.1. The minimum absolute atomic E-state index is 0.0126. The molecule has 2 aromatic rings. The van der Waals surface area contributed by atoms with E-state index in [1.807, 2.05) is 13.8 Å². The summed E-state index contributed by atoms with van der Waals surface area (Å²) in [5, 5.41) is 18.6. The number of halogens is 1. The smallest absolute Gasteiger partial charge is 0.305 e. The zero-order chi connectivity index (χ0) is 23.5. The highest BCUT2D eigenvalue weighted by atomic mass is 31.2. The van der Waals surface area contributed by atoms with Gasteiger partial charge in [0.1, 0.15) is 5.82 Å². The number of hydrogen-bond acceptors (Lipinski definition) is 4. The molecule has 0 fully saturated rings. The van der Waals surface area contributed by atoms with Gasteiger partial charge in [-0.15, -0.1) is 0 Å². The van der Waals surface area contributed by atoms with Crippen LogP contribution in [0.5, 0.6) is 0 Å². The number of carbonyl (C=O) groups is 1. The Bertz CT molecular complexity index is 1120. The number of fused-ring (bicyclic) bond motifs is 1. The van der Waals surface area contributed by atoms with Crippen molar-refractivity contribution in [1.29, 1.82) is 0 Å². The number of aryl methyl sites for hydroxylation is 1. The molecule has 3 N–H and O–H groups in total. The van der Waals surface area contributed by atoms with E-state index < -0.39 is 32.0 Å². The van der Waals surface area contributed by atoms with Gasteiger partial charge in [0.05, 0.1) is 29.9 Å². The van der Waals surface area contributed by atoms with Gasteiger partial charge in [-0.2, -0.15) is 0 Å². The molecule has 170 valence electrons. The fourth-order valence-corrected chi connectivity index (χ4v) is 5.06. The molecule has 32 heavy (non-hydrogen) atoms. The molecule has 1 aliphatic carbocycles. The van der Waals surface area contributed by atoms with E-state index in [0.29, 0.717) is 11.3 Å². The lowest BCUT2D eigenvalue weighted by Gasteiger charge is -2.24. The number of carboxylic acids is 1. The molecule has 0 radical (unpaired) electrons. The number of nitrogens with zero attached hydrogens (tertiary/aromatic N) is 1. The number of aliphatic hydroxyl groups excluding tert-OH is 1.